The van der Waals surface area contributed by atoms with Gasteiger partial charge in [0.15, 0.2) is 11.5 Å². The van der Waals surface area contributed by atoms with Crippen LogP contribution in [-0.2, 0) is 6.61 Å². The van der Waals surface area contributed by atoms with E-state index >= 15 is 0 Å². The molecule has 0 unspecified atom stereocenters. The summed E-state index contributed by atoms with van der Waals surface area (Å²) in [6, 6.07) is 14.7. The molecular formula is C27H30N2O5. The summed E-state index contributed by atoms with van der Waals surface area (Å²) in [4.78, 5) is 12.5. The molecule has 3 aromatic rings. The molecule has 0 aliphatic heterocycles. The highest BCUT2D eigenvalue weighted by Gasteiger charge is 2.11. The highest BCUT2D eigenvalue weighted by atomic mass is 16.5. The minimum Gasteiger partial charge on any atom is -0.497 e. The SMILES string of the molecule is COc1cc(OC)cc(C(=O)N/N=C\c2ccc(OCc3c(C)cc(C)cc3C)c(OC)c2)c1. The number of carbonyl (C=O) groups excluding carboxylic acids is 1. The smallest absolute Gasteiger partial charge is 0.271 e. The average molecular weight is 463 g/mol. The molecule has 0 spiro atoms. The van der Waals surface area contributed by atoms with E-state index in [1.807, 2.05) is 12.1 Å². The Morgan fingerprint density at radius 2 is 1.50 bits per heavy atom. The lowest BCUT2D eigenvalue weighted by atomic mass is 10.0. The van der Waals surface area contributed by atoms with Crippen LogP contribution >= 0.6 is 0 Å². The average Bonchev–Trinajstić information content (AvgIpc) is 2.83. The predicted octanol–water partition coefficient (Wildman–Crippen LogP) is 4.98. The summed E-state index contributed by atoms with van der Waals surface area (Å²) in [7, 11) is 4.64. The normalized spacial score (nSPS) is 10.8. The quantitative estimate of drug-likeness (QED) is 0.358. The van der Waals surface area contributed by atoms with Crippen LogP contribution in [0.2, 0.25) is 0 Å². The van der Waals surface area contributed by atoms with E-state index in [1.54, 1.807) is 31.4 Å². The van der Waals surface area contributed by atoms with Crippen LogP contribution in [0, 0.1) is 20.8 Å². The van der Waals surface area contributed by atoms with E-state index in [1.165, 1.54) is 37.1 Å². The number of aryl methyl sites for hydroxylation is 3. The molecule has 178 valence electrons. The Balaban J connectivity index is 1.68. The molecule has 0 aliphatic carbocycles. The van der Waals surface area contributed by atoms with Gasteiger partial charge in [-0.2, -0.15) is 5.10 Å². The van der Waals surface area contributed by atoms with E-state index in [9.17, 15) is 4.79 Å². The first-order chi connectivity index (χ1) is 16.3. The van der Waals surface area contributed by atoms with Crippen LogP contribution in [0.25, 0.3) is 0 Å². The molecule has 3 aromatic carbocycles. The third-order valence-electron chi connectivity index (χ3n) is 5.39. The van der Waals surface area contributed by atoms with Gasteiger partial charge in [-0.15, -0.1) is 0 Å². The van der Waals surface area contributed by atoms with Gasteiger partial charge in [-0.25, -0.2) is 5.43 Å². The first-order valence-electron chi connectivity index (χ1n) is 10.8. The lowest BCUT2D eigenvalue weighted by molar-refractivity contribution is 0.0954. The summed E-state index contributed by atoms with van der Waals surface area (Å²) < 4.78 is 22.0. The first-order valence-corrected chi connectivity index (χ1v) is 10.8. The van der Waals surface area contributed by atoms with Crippen molar-refractivity contribution in [1.82, 2.24) is 5.43 Å². The maximum atomic E-state index is 12.5. The monoisotopic (exact) mass is 462 g/mol. The van der Waals surface area contributed by atoms with E-state index in [-0.39, 0.29) is 5.91 Å². The van der Waals surface area contributed by atoms with Crippen LogP contribution in [0.4, 0.5) is 0 Å². The molecule has 0 atom stereocenters. The number of hydrogen-bond acceptors (Lipinski definition) is 6. The number of hydrazone groups is 1. The van der Waals surface area contributed by atoms with Gasteiger partial charge in [0.2, 0.25) is 0 Å². The van der Waals surface area contributed by atoms with Gasteiger partial charge >= 0.3 is 0 Å². The van der Waals surface area contributed by atoms with Crippen LogP contribution in [0.3, 0.4) is 0 Å². The zero-order valence-electron chi connectivity index (χ0n) is 20.4. The Morgan fingerprint density at radius 3 is 2.09 bits per heavy atom. The molecule has 7 heteroatoms. The number of nitrogens with zero attached hydrogens (tertiary/aromatic N) is 1. The van der Waals surface area contributed by atoms with Crippen molar-refractivity contribution in [3.8, 4) is 23.0 Å². The number of methoxy groups -OCH3 is 3. The largest absolute Gasteiger partial charge is 0.497 e. The molecule has 0 saturated heterocycles. The minimum atomic E-state index is -0.385. The Hall–Kier alpha value is -4.00. The second-order valence-electron chi connectivity index (χ2n) is 7.88. The van der Waals surface area contributed by atoms with Gasteiger partial charge in [0.1, 0.15) is 18.1 Å². The fourth-order valence-electron chi connectivity index (χ4n) is 3.64. The van der Waals surface area contributed by atoms with E-state index in [2.05, 4.69) is 43.4 Å². The molecule has 1 N–H and O–H groups in total. The van der Waals surface area contributed by atoms with Crippen molar-refractivity contribution in [2.75, 3.05) is 21.3 Å². The highest BCUT2D eigenvalue weighted by Crippen LogP contribution is 2.29. The third kappa shape index (κ3) is 6.07. The van der Waals surface area contributed by atoms with Gasteiger partial charge in [0, 0.05) is 11.6 Å². The zero-order chi connectivity index (χ0) is 24.7. The molecule has 0 bridgehead atoms. The summed E-state index contributed by atoms with van der Waals surface area (Å²) in [5.74, 6) is 1.86. The van der Waals surface area contributed by atoms with Crippen molar-refractivity contribution in [1.29, 1.82) is 0 Å². The molecular weight excluding hydrogens is 432 g/mol. The lowest BCUT2D eigenvalue weighted by Gasteiger charge is -2.15. The molecule has 7 nitrogen and oxygen atoms in total. The Kier molecular flexibility index (Phi) is 8.14. The summed E-state index contributed by atoms with van der Waals surface area (Å²) in [5, 5.41) is 4.06. The number of nitrogens with one attached hydrogen (secondary N) is 1. The Bertz CT molecular complexity index is 1160. The fraction of sp³-hybridized carbons (Fsp3) is 0.259. The van der Waals surface area contributed by atoms with Gasteiger partial charge < -0.3 is 18.9 Å². The molecule has 3 rings (SSSR count). The number of ether oxygens (including phenoxy) is 4. The van der Waals surface area contributed by atoms with Crippen LogP contribution in [0.15, 0.2) is 53.6 Å². The Morgan fingerprint density at radius 1 is 0.853 bits per heavy atom. The minimum absolute atomic E-state index is 0.372. The van der Waals surface area contributed by atoms with Gasteiger partial charge in [0.25, 0.3) is 5.91 Å². The second kappa shape index (κ2) is 11.2. The molecule has 34 heavy (non-hydrogen) atoms. The molecule has 0 radical (unpaired) electrons. The van der Waals surface area contributed by atoms with E-state index in [0.29, 0.717) is 35.2 Å². The maximum Gasteiger partial charge on any atom is 0.271 e. The first kappa shape index (κ1) is 24.6. The number of rotatable bonds is 9. The van der Waals surface area contributed by atoms with Crippen LogP contribution < -0.4 is 24.4 Å². The van der Waals surface area contributed by atoms with Crippen LogP contribution in [0.1, 0.15) is 38.2 Å². The summed E-state index contributed by atoms with van der Waals surface area (Å²) in [5.41, 5.74) is 8.42. The van der Waals surface area contributed by atoms with Gasteiger partial charge in [0.05, 0.1) is 27.5 Å². The lowest BCUT2D eigenvalue weighted by Crippen LogP contribution is -2.17. The molecule has 0 fully saturated rings. The summed E-state index contributed by atoms with van der Waals surface area (Å²) >= 11 is 0. The topological polar surface area (TPSA) is 78.4 Å². The molecule has 1 amide bonds. The molecule has 0 heterocycles. The number of carbonyl (C=O) groups is 1. The fourth-order valence-corrected chi connectivity index (χ4v) is 3.64. The summed E-state index contributed by atoms with van der Waals surface area (Å²) in [6.07, 6.45) is 1.54. The van der Waals surface area contributed by atoms with Crippen LogP contribution in [0.5, 0.6) is 23.0 Å². The van der Waals surface area contributed by atoms with E-state index in [4.69, 9.17) is 18.9 Å². The third-order valence-corrected chi connectivity index (χ3v) is 5.39. The van der Waals surface area contributed by atoms with Crippen LogP contribution in [-0.4, -0.2) is 33.5 Å². The van der Waals surface area contributed by atoms with Crippen molar-refractivity contribution in [3.05, 3.63) is 81.9 Å². The molecule has 0 saturated carbocycles. The standard InChI is InChI=1S/C27H30N2O5/c1-17-9-18(2)24(19(3)10-17)16-34-25-8-7-20(11-26(25)33-6)15-28-29-27(30)21-12-22(31-4)14-23(13-21)32-5/h7-15H,16H2,1-6H3,(H,29,30)/b28-15-. The van der Waals surface area contributed by atoms with Gasteiger partial charge in [-0.05, 0) is 73.4 Å². The maximum absolute atomic E-state index is 12.5. The van der Waals surface area contributed by atoms with Crippen molar-refractivity contribution < 1.29 is 23.7 Å². The van der Waals surface area contributed by atoms with Crippen molar-refractivity contribution in [2.45, 2.75) is 27.4 Å². The zero-order valence-corrected chi connectivity index (χ0v) is 20.4. The number of amides is 1. The summed E-state index contributed by atoms with van der Waals surface area (Å²) in [6.45, 7) is 6.71. The van der Waals surface area contributed by atoms with E-state index in [0.717, 1.165) is 11.1 Å². The predicted molar refractivity (Wildman–Crippen MR) is 133 cm³/mol. The van der Waals surface area contributed by atoms with Crippen molar-refractivity contribution in [2.24, 2.45) is 5.10 Å². The highest BCUT2D eigenvalue weighted by molar-refractivity contribution is 5.95. The second-order valence-corrected chi connectivity index (χ2v) is 7.88. The van der Waals surface area contributed by atoms with Crippen molar-refractivity contribution >= 4 is 12.1 Å². The molecule has 0 aromatic heterocycles. The van der Waals surface area contributed by atoms with Gasteiger partial charge in [-0.1, -0.05) is 17.7 Å². The molecule has 0 aliphatic rings. The van der Waals surface area contributed by atoms with Gasteiger partial charge in [-0.3, -0.25) is 4.79 Å². The number of benzene rings is 3. The number of hydrogen-bond donors (Lipinski definition) is 1. The Labute approximate surface area is 200 Å². The van der Waals surface area contributed by atoms with Crippen molar-refractivity contribution in [3.63, 3.8) is 0 Å². The van der Waals surface area contributed by atoms with E-state index < -0.39 is 0 Å².